The Morgan fingerprint density at radius 2 is 2.08 bits per heavy atom. The largest absolute Gasteiger partial charge is 0.476 e. The highest BCUT2D eigenvalue weighted by Crippen LogP contribution is 2.23. The van der Waals surface area contributed by atoms with E-state index in [0.717, 1.165) is 11.1 Å². The Kier molecular flexibility index (Phi) is 6.33. The molecule has 1 heterocycles. The molecule has 2 aromatic rings. The molecule has 1 aromatic carbocycles. The van der Waals surface area contributed by atoms with Crippen molar-refractivity contribution in [3.63, 3.8) is 0 Å². The maximum Gasteiger partial charge on any atom is 0.312 e. The van der Waals surface area contributed by atoms with E-state index in [1.165, 1.54) is 0 Å². The summed E-state index contributed by atoms with van der Waals surface area (Å²) in [4.78, 5) is 27.8. The number of nitrogens with two attached hydrogens (primary N) is 1. The van der Waals surface area contributed by atoms with Crippen molar-refractivity contribution in [2.45, 2.75) is 26.3 Å². The number of hydrogen-bond acceptors (Lipinski definition) is 4. The van der Waals surface area contributed by atoms with Crippen LogP contribution in [0.2, 0.25) is 0 Å². The molecule has 2 rings (SSSR count). The summed E-state index contributed by atoms with van der Waals surface area (Å²) in [5, 5.41) is 5.38. The number of carbonyl (C=O) groups excluding carboxylic acids is 2. The molecular formula is C18H22N4O3. The van der Waals surface area contributed by atoms with E-state index in [9.17, 15) is 9.59 Å². The van der Waals surface area contributed by atoms with E-state index < -0.39 is 12.1 Å². The Bertz CT molecular complexity index is 749. The summed E-state index contributed by atoms with van der Waals surface area (Å²) in [7, 11) is 0. The highest BCUT2D eigenvalue weighted by Gasteiger charge is 2.19. The summed E-state index contributed by atoms with van der Waals surface area (Å²) < 4.78 is 5.39. The number of rotatable bonds is 7. The molecule has 0 aliphatic carbocycles. The van der Waals surface area contributed by atoms with Crippen LogP contribution in [-0.2, 0) is 4.79 Å². The van der Waals surface area contributed by atoms with Crippen LogP contribution in [-0.4, -0.2) is 23.5 Å². The van der Waals surface area contributed by atoms with Crippen molar-refractivity contribution >= 4 is 17.6 Å². The lowest BCUT2D eigenvalue weighted by Crippen LogP contribution is -2.35. The molecule has 0 aliphatic rings. The zero-order valence-corrected chi connectivity index (χ0v) is 14.3. The Labute approximate surface area is 146 Å². The minimum atomic E-state index is -0.685. The average Bonchev–Trinajstić information content (AvgIpc) is 2.56. The van der Waals surface area contributed by atoms with Gasteiger partial charge in [0, 0.05) is 6.20 Å². The van der Waals surface area contributed by atoms with Crippen molar-refractivity contribution < 1.29 is 14.3 Å². The number of aromatic nitrogens is 1. The zero-order valence-electron chi connectivity index (χ0n) is 14.3. The summed E-state index contributed by atoms with van der Waals surface area (Å²) in [6, 6.07) is 9.76. The summed E-state index contributed by atoms with van der Waals surface area (Å²) >= 11 is 0. The minimum Gasteiger partial charge on any atom is -0.476 e. The van der Waals surface area contributed by atoms with Gasteiger partial charge in [0.1, 0.15) is 5.69 Å². The van der Waals surface area contributed by atoms with Crippen molar-refractivity contribution in [2.24, 2.45) is 5.73 Å². The van der Waals surface area contributed by atoms with Gasteiger partial charge in [0.05, 0.1) is 19.1 Å². The van der Waals surface area contributed by atoms with Crippen LogP contribution < -0.4 is 21.1 Å². The number of carbonyl (C=O) groups is 2. The second-order valence-electron chi connectivity index (χ2n) is 5.52. The number of anilines is 1. The van der Waals surface area contributed by atoms with Crippen LogP contribution in [0.25, 0.3) is 0 Å². The molecule has 4 N–H and O–H groups in total. The molecular weight excluding hydrogens is 320 g/mol. The monoisotopic (exact) mass is 342 g/mol. The third-order valence-corrected chi connectivity index (χ3v) is 3.48. The van der Waals surface area contributed by atoms with Gasteiger partial charge in [0.15, 0.2) is 0 Å². The number of nitrogens with zero attached hydrogens (tertiary/aromatic N) is 1. The number of primary amides is 1. The molecule has 7 heteroatoms. The molecule has 1 atom stereocenters. The lowest BCUT2D eigenvalue weighted by atomic mass is 10.0. The number of aryl methyl sites for hydroxylation is 1. The lowest BCUT2D eigenvalue weighted by molar-refractivity contribution is -0.116. The molecule has 0 unspecified atom stereocenters. The van der Waals surface area contributed by atoms with Crippen molar-refractivity contribution in [1.82, 2.24) is 10.3 Å². The van der Waals surface area contributed by atoms with E-state index in [1.54, 1.807) is 18.3 Å². The van der Waals surface area contributed by atoms with E-state index in [1.807, 2.05) is 38.1 Å². The van der Waals surface area contributed by atoms with Gasteiger partial charge in [-0.2, -0.15) is 0 Å². The molecule has 0 spiro atoms. The van der Waals surface area contributed by atoms with Gasteiger partial charge in [-0.15, -0.1) is 0 Å². The van der Waals surface area contributed by atoms with E-state index >= 15 is 0 Å². The minimum absolute atomic E-state index is 0.0346. The summed E-state index contributed by atoms with van der Waals surface area (Å²) in [5.74, 6) is 0.0718. The average molecular weight is 342 g/mol. The molecule has 0 bridgehead atoms. The molecule has 0 saturated heterocycles. The Morgan fingerprint density at radius 1 is 1.28 bits per heavy atom. The van der Waals surface area contributed by atoms with Crippen molar-refractivity contribution in [3.8, 4) is 5.88 Å². The smallest absolute Gasteiger partial charge is 0.312 e. The number of ether oxygens (including phenoxy) is 1. The first kappa shape index (κ1) is 18.3. The van der Waals surface area contributed by atoms with Crippen LogP contribution in [0.5, 0.6) is 5.88 Å². The quantitative estimate of drug-likeness (QED) is 0.719. The van der Waals surface area contributed by atoms with Gasteiger partial charge in [-0.3, -0.25) is 4.79 Å². The summed E-state index contributed by atoms with van der Waals surface area (Å²) in [6.07, 6.45) is 1.62. The van der Waals surface area contributed by atoms with Crippen LogP contribution in [0.4, 0.5) is 10.5 Å². The van der Waals surface area contributed by atoms with E-state index in [0.29, 0.717) is 18.2 Å². The Balaban J connectivity index is 2.13. The van der Waals surface area contributed by atoms with Gasteiger partial charge in [-0.1, -0.05) is 29.8 Å². The predicted molar refractivity (Wildman–Crippen MR) is 95.3 cm³/mol. The molecule has 0 fully saturated rings. The normalized spacial score (nSPS) is 11.4. The van der Waals surface area contributed by atoms with Gasteiger partial charge in [-0.25, -0.2) is 9.78 Å². The summed E-state index contributed by atoms with van der Waals surface area (Å²) in [5.41, 5.74) is 7.57. The maximum atomic E-state index is 12.4. The van der Waals surface area contributed by atoms with Crippen LogP contribution in [0.15, 0.2) is 42.6 Å². The SMILES string of the molecule is CCOc1ncccc1NC(=O)C[C@@H](NC(N)=O)c1cccc(C)c1. The van der Waals surface area contributed by atoms with Gasteiger partial charge < -0.3 is 21.1 Å². The molecule has 1 aromatic heterocycles. The number of hydrogen-bond donors (Lipinski definition) is 3. The number of urea groups is 1. The molecule has 0 aliphatic heterocycles. The summed E-state index contributed by atoms with van der Waals surface area (Å²) in [6.45, 7) is 4.22. The van der Waals surface area contributed by atoms with Gasteiger partial charge in [0.2, 0.25) is 11.8 Å². The highest BCUT2D eigenvalue weighted by atomic mass is 16.5. The molecule has 0 radical (unpaired) electrons. The number of benzene rings is 1. The maximum absolute atomic E-state index is 12.4. The zero-order chi connectivity index (χ0) is 18.2. The molecule has 132 valence electrons. The van der Waals surface area contributed by atoms with Gasteiger partial charge in [-0.05, 0) is 31.5 Å². The topological polar surface area (TPSA) is 106 Å². The fourth-order valence-electron chi connectivity index (χ4n) is 2.44. The molecule has 7 nitrogen and oxygen atoms in total. The first-order valence-corrected chi connectivity index (χ1v) is 7.99. The number of nitrogens with one attached hydrogen (secondary N) is 2. The van der Waals surface area contributed by atoms with Gasteiger partial charge >= 0.3 is 6.03 Å². The second-order valence-corrected chi connectivity index (χ2v) is 5.52. The van der Waals surface area contributed by atoms with E-state index in [4.69, 9.17) is 10.5 Å². The number of pyridine rings is 1. The molecule has 25 heavy (non-hydrogen) atoms. The van der Waals surface area contributed by atoms with Crippen LogP contribution >= 0.6 is 0 Å². The van der Waals surface area contributed by atoms with Crippen LogP contribution in [0, 0.1) is 6.92 Å². The van der Waals surface area contributed by atoms with Crippen LogP contribution in [0.1, 0.15) is 30.5 Å². The van der Waals surface area contributed by atoms with Gasteiger partial charge in [0.25, 0.3) is 0 Å². The van der Waals surface area contributed by atoms with Crippen molar-refractivity contribution in [2.75, 3.05) is 11.9 Å². The number of amides is 3. The van der Waals surface area contributed by atoms with Crippen LogP contribution in [0.3, 0.4) is 0 Å². The Hall–Kier alpha value is -3.09. The Morgan fingerprint density at radius 3 is 2.76 bits per heavy atom. The first-order valence-electron chi connectivity index (χ1n) is 7.99. The van der Waals surface area contributed by atoms with E-state index in [-0.39, 0.29) is 12.3 Å². The fraction of sp³-hybridized carbons (Fsp3) is 0.278. The fourth-order valence-corrected chi connectivity index (χ4v) is 2.44. The lowest BCUT2D eigenvalue weighted by Gasteiger charge is -2.18. The standard InChI is InChI=1S/C18H22N4O3/c1-3-25-17-14(8-5-9-20-17)21-16(23)11-15(22-18(19)24)13-7-4-6-12(2)10-13/h4-10,15H,3,11H2,1-2H3,(H,21,23)(H3,19,22,24)/t15-/m1/s1. The third-order valence-electron chi connectivity index (χ3n) is 3.48. The molecule has 3 amide bonds. The second kappa shape index (κ2) is 8.68. The highest BCUT2D eigenvalue weighted by molar-refractivity contribution is 5.92. The van der Waals surface area contributed by atoms with Crippen molar-refractivity contribution in [3.05, 3.63) is 53.7 Å². The predicted octanol–water partition coefficient (Wildman–Crippen LogP) is 2.53. The van der Waals surface area contributed by atoms with E-state index in [2.05, 4.69) is 15.6 Å². The first-order chi connectivity index (χ1) is 12.0. The third kappa shape index (κ3) is 5.49. The van der Waals surface area contributed by atoms with Crippen molar-refractivity contribution in [1.29, 1.82) is 0 Å². The molecule has 0 saturated carbocycles.